The Balaban J connectivity index is 1.85. The van der Waals surface area contributed by atoms with Crippen molar-refractivity contribution in [3.8, 4) is 5.75 Å². The van der Waals surface area contributed by atoms with E-state index in [1.807, 2.05) is 12.1 Å². The predicted molar refractivity (Wildman–Crippen MR) is 105 cm³/mol. The van der Waals surface area contributed by atoms with Crippen molar-refractivity contribution in [1.82, 2.24) is 0 Å². The lowest BCUT2D eigenvalue weighted by Crippen LogP contribution is -2.45. The highest BCUT2D eigenvalue weighted by molar-refractivity contribution is 5.43. The van der Waals surface area contributed by atoms with Crippen molar-refractivity contribution in [3.05, 3.63) is 65.2 Å². The Labute approximate surface area is 152 Å². The number of phenols is 1. The van der Waals surface area contributed by atoms with Gasteiger partial charge in [0.2, 0.25) is 0 Å². The fourth-order valence-corrected chi connectivity index (χ4v) is 4.26. The molecule has 0 aromatic heterocycles. The number of aryl methyl sites for hydroxylation is 1. The molecule has 1 aliphatic heterocycles. The van der Waals surface area contributed by atoms with E-state index >= 15 is 0 Å². The number of benzene rings is 2. The fraction of sp³-hybridized carbons (Fsp3) is 0.478. The first kappa shape index (κ1) is 18.0. The van der Waals surface area contributed by atoms with Crippen molar-refractivity contribution in [1.29, 1.82) is 0 Å². The molecule has 0 radical (unpaired) electrons. The third-order valence-corrected chi connectivity index (χ3v) is 5.86. The molecule has 3 rings (SSSR count). The Hall–Kier alpha value is -1.80. The van der Waals surface area contributed by atoms with Gasteiger partial charge in [-0.3, -0.25) is 0 Å². The Morgan fingerprint density at radius 3 is 2.32 bits per heavy atom. The van der Waals surface area contributed by atoms with Crippen LogP contribution in [-0.2, 0) is 0 Å². The number of phenolic OH excluding ortho intramolecular Hbond substituents is 1. The summed E-state index contributed by atoms with van der Waals surface area (Å²) in [5.41, 5.74) is 3.60. The molecule has 2 nitrogen and oxygen atoms in total. The van der Waals surface area contributed by atoms with Crippen LogP contribution in [0.25, 0.3) is 0 Å². The molecule has 2 aromatic rings. The van der Waals surface area contributed by atoms with Gasteiger partial charge in [0, 0.05) is 17.9 Å². The second kappa shape index (κ2) is 8.05. The van der Waals surface area contributed by atoms with E-state index in [-0.39, 0.29) is 5.92 Å². The van der Waals surface area contributed by atoms with Gasteiger partial charge in [0.05, 0.1) is 26.7 Å². The zero-order chi connectivity index (χ0) is 17.7. The molecule has 0 saturated carbocycles. The smallest absolute Gasteiger partial charge is 0.119 e. The van der Waals surface area contributed by atoms with Crippen LogP contribution < -0.4 is 0 Å². The minimum atomic E-state index is 0.263. The molecule has 1 unspecified atom stereocenters. The number of hydrogen-bond acceptors (Lipinski definition) is 1. The number of aromatic hydroxyl groups is 1. The molecule has 0 spiro atoms. The first-order valence-corrected chi connectivity index (χ1v) is 9.75. The van der Waals surface area contributed by atoms with Gasteiger partial charge in [-0.15, -0.1) is 0 Å². The van der Waals surface area contributed by atoms with E-state index in [0.29, 0.717) is 5.75 Å². The van der Waals surface area contributed by atoms with Gasteiger partial charge in [0.25, 0.3) is 0 Å². The van der Waals surface area contributed by atoms with Gasteiger partial charge in [-0.2, -0.15) is 0 Å². The van der Waals surface area contributed by atoms with Crippen LogP contribution in [0.5, 0.6) is 5.75 Å². The van der Waals surface area contributed by atoms with Crippen LogP contribution in [0.4, 0.5) is 0 Å². The molecule has 1 heterocycles. The second-order valence-electron chi connectivity index (χ2n) is 8.02. The third-order valence-electron chi connectivity index (χ3n) is 5.86. The van der Waals surface area contributed by atoms with E-state index in [9.17, 15) is 5.11 Å². The molecular formula is C23H32NO+. The van der Waals surface area contributed by atoms with E-state index < -0.39 is 0 Å². The molecule has 0 amide bonds. The molecule has 1 aliphatic rings. The summed E-state index contributed by atoms with van der Waals surface area (Å²) in [5, 5.41) is 10.5. The maximum atomic E-state index is 10.5. The van der Waals surface area contributed by atoms with Crippen LogP contribution in [0.2, 0.25) is 0 Å². The zero-order valence-electron chi connectivity index (χ0n) is 15.7. The van der Waals surface area contributed by atoms with E-state index in [0.717, 1.165) is 12.0 Å². The van der Waals surface area contributed by atoms with E-state index in [4.69, 9.17) is 0 Å². The van der Waals surface area contributed by atoms with Gasteiger partial charge in [0.1, 0.15) is 5.75 Å². The summed E-state index contributed by atoms with van der Waals surface area (Å²) in [4.78, 5) is 0. The van der Waals surface area contributed by atoms with Crippen molar-refractivity contribution < 1.29 is 9.59 Å². The highest BCUT2D eigenvalue weighted by Gasteiger charge is 2.26. The molecule has 1 saturated heterocycles. The zero-order valence-corrected chi connectivity index (χ0v) is 15.7. The first-order valence-electron chi connectivity index (χ1n) is 9.75. The first-order chi connectivity index (χ1) is 12.1. The summed E-state index contributed by atoms with van der Waals surface area (Å²) < 4.78 is 1.18. The standard InChI is InChI=1S/C23H31NO/c1-19-12-13-23(25)22(18-19)21(20-10-6-5-7-11-20)14-17-24(2)15-8-3-4-9-16-24/h5-7,10-13,18,21H,3-4,8-9,14-17H2,1-2H3/p+1. The summed E-state index contributed by atoms with van der Waals surface area (Å²) in [5.74, 6) is 0.692. The summed E-state index contributed by atoms with van der Waals surface area (Å²) in [6.07, 6.45) is 6.55. The number of nitrogens with zero attached hydrogens (tertiary/aromatic N) is 1. The summed E-state index contributed by atoms with van der Waals surface area (Å²) in [6, 6.07) is 16.7. The molecule has 2 heteroatoms. The fourth-order valence-electron chi connectivity index (χ4n) is 4.26. The van der Waals surface area contributed by atoms with Gasteiger partial charge < -0.3 is 9.59 Å². The Morgan fingerprint density at radius 1 is 0.960 bits per heavy atom. The van der Waals surface area contributed by atoms with Crippen LogP contribution in [0.3, 0.4) is 0 Å². The lowest BCUT2D eigenvalue weighted by Gasteiger charge is -2.35. The van der Waals surface area contributed by atoms with E-state index in [2.05, 4.69) is 50.4 Å². The van der Waals surface area contributed by atoms with Gasteiger partial charge in [0.15, 0.2) is 0 Å². The van der Waals surface area contributed by atoms with E-state index in [1.54, 1.807) is 0 Å². The van der Waals surface area contributed by atoms with Crippen LogP contribution in [0.1, 0.15) is 54.7 Å². The Kier molecular flexibility index (Phi) is 5.80. The number of quaternary nitrogens is 1. The number of hydrogen-bond donors (Lipinski definition) is 1. The minimum Gasteiger partial charge on any atom is -0.508 e. The van der Waals surface area contributed by atoms with Gasteiger partial charge in [-0.05, 0) is 44.2 Å². The van der Waals surface area contributed by atoms with Crippen molar-refractivity contribution in [2.45, 2.75) is 44.9 Å². The van der Waals surface area contributed by atoms with Crippen LogP contribution >= 0.6 is 0 Å². The molecule has 1 atom stereocenters. The van der Waals surface area contributed by atoms with Gasteiger partial charge >= 0.3 is 0 Å². The highest BCUT2D eigenvalue weighted by Crippen LogP contribution is 2.35. The van der Waals surface area contributed by atoms with Crippen molar-refractivity contribution in [2.75, 3.05) is 26.7 Å². The SMILES string of the molecule is Cc1ccc(O)c(C(CC[N+]2(C)CCCCCC2)c2ccccc2)c1. The molecule has 1 N–H and O–H groups in total. The molecule has 0 bridgehead atoms. The third kappa shape index (κ3) is 4.64. The average Bonchev–Trinajstić information content (AvgIpc) is 2.84. The van der Waals surface area contributed by atoms with Crippen molar-refractivity contribution in [2.24, 2.45) is 0 Å². The lowest BCUT2D eigenvalue weighted by molar-refractivity contribution is -0.909. The summed E-state index contributed by atoms with van der Waals surface area (Å²) in [6.45, 7) is 5.86. The average molecular weight is 339 g/mol. The Bertz CT molecular complexity index is 672. The molecule has 2 aromatic carbocycles. The van der Waals surface area contributed by atoms with Crippen LogP contribution in [-0.4, -0.2) is 36.3 Å². The van der Waals surface area contributed by atoms with Crippen molar-refractivity contribution in [3.63, 3.8) is 0 Å². The highest BCUT2D eigenvalue weighted by atomic mass is 16.3. The summed E-state index contributed by atoms with van der Waals surface area (Å²) >= 11 is 0. The van der Waals surface area contributed by atoms with Gasteiger partial charge in [-0.25, -0.2) is 0 Å². The van der Waals surface area contributed by atoms with Crippen LogP contribution in [0, 0.1) is 6.92 Å². The molecule has 134 valence electrons. The quantitative estimate of drug-likeness (QED) is 0.739. The van der Waals surface area contributed by atoms with E-state index in [1.165, 1.54) is 60.9 Å². The normalized spacial score (nSPS) is 18.5. The monoisotopic (exact) mass is 338 g/mol. The predicted octanol–water partition coefficient (Wildman–Crippen LogP) is 5.24. The van der Waals surface area contributed by atoms with Crippen LogP contribution in [0.15, 0.2) is 48.5 Å². The Morgan fingerprint density at radius 2 is 1.64 bits per heavy atom. The maximum Gasteiger partial charge on any atom is 0.119 e. The molecule has 1 fully saturated rings. The maximum absolute atomic E-state index is 10.5. The number of likely N-dealkylation sites (tertiary alicyclic amines) is 1. The molecular weight excluding hydrogens is 306 g/mol. The topological polar surface area (TPSA) is 20.2 Å². The molecule has 25 heavy (non-hydrogen) atoms. The van der Waals surface area contributed by atoms with Gasteiger partial charge in [-0.1, -0.05) is 48.0 Å². The second-order valence-corrected chi connectivity index (χ2v) is 8.02. The van der Waals surface area contributed by atoms with Crippen molar-refractivity contribution >= 4 is 0 Å². The number of rotatable bonds is 5. The lowest BCUT2D eigenvalue weighted by atomic mass is 9.86. The summed E-state index contributed by atoms with van der Waals surface area (Å²) in [7, 11) is 2.42. The molecule has 0 aliphatic carbocycles. The largest absolute Gasteiger partial charge is 0.508 e. The minimum absolute atomic E-state index is 0.263.